The number of halogens is 1. The molecule has 20 heavy (non-hydrogen) atoms. The number of hydrogen-bond acceptors (Lipinski definition) is 4. The van der Waals surface area contributed by atoms with Gasteiger partial charge in [-0.25, -0.2) is 9.07 Å². The van der Waals surface area contributed by atoms with E-state index < -0.39 is 5.82 Å². The first-order valence-electron chi connectivity index (χ1n) is 6.16. The molecule has 0 aliphatic carbocycles. The van der Waals surface area contributed by atoms with Crippen molar-refractivity contribution < 1.29 is 9.13 Å². The Kier molecular flexibility index (Phi) is 3.61. The van der Waals surface area contributed by atoms with Gasteiger partial charge >= 0.3 is 0 Å². The van der Waals surface area contributed by atoms with Gasteiger partial charge in [-0.3, -0.25) is 0 Å². The highest BCUT2D eigenvalue weighted by Crippen LogP contribution is 2.32. The minimum absolute atomic E-state index is 0.0288. The summed E-state index contributed by atoms with van der Waals surface area (Å²) < 4.78 is 20.8. The van der Waals surface area contributed by atoms with Crippen molar-refractivity contribution in [2.45, 2.75) is 26.8 Å². The predicted molar refractivity (Wildman–Crippen MR) is 73.0 cm³/mol. The Morgan fingerprint density at radius 2 is 2.15 bits per heavy atom. The van der Waals surface area contributed by atoms with Gasteiger partial charge < -0.3 is 10.5 Å². The number of nitriles is 1. The van der Waals surface area contributed by atoms with Crippen LogP contribution in [0.15, 0.2) is 18.2 Å². The number of benzene rings is 1. The van der Waals surface area contributed by atoms with Crippen molar-refractivity contribution in [2.24, 2.45) is 0 Å². The largest absolute Gasteiger partial charge is 0.437 e. The molecule has 0 saturated carbocycles. The van der Waals surface area contributed by atoms with E-state index in [4.69, 9.17) is 15.7 Å². The van der Waals surface area contributed by atoms with Gasteiger partial charge in [0.05, 0.1) is 17.3 Å². The van der Waals surface area contributed by atoms with E-state index in [0.29, 0.717) is 17.3 Å². The molecule has 104 valence electrons. The number of nitrogens with two attached hydrogens (primary N) is 1. The maximum atomic E-state index is 13.6. The zero-order chi connectivity index (χ0) is 14.9. The number of anilines is 1. The smallest absolute Gasteiger partial charge is 0.241 e. The highest BCUT2D eigenvalue weighted by Gasteiger charge is 2.17. The fourth-order valence-electron chi connectivity index (χ4n) is 1.75. The molecule has 2 N–H and O–H groups in total. The van der Waals surface area contributed by atoms with Crippen LogP contribution in [0, 0.1) is 24.1 Å². The summed E-state index contributed by atoms with van der Waals surface area (Å²) in [5, 5.41) is 13.0. The molecular formula is C14H15FN4O. The summed E-state index contributed by atoms with van der Waals surface area (Å²) in [5.74, 6) is 0.0208. The molecule has 0 saturated heterocycles. The van der Waals surface area contributed by atoms with Crippen LogP contribution in [0.5, 0.6) is 11.6 Å². The molecule has 1 aromatic carbocycles. The van der Waals surface area contributed by atoms with E-state index in [1.165, 1.54) is 12.1 Å². The van der Waals surface area contributed by atoms with E-state index in [0.717, 1.165) is 6.07 Å². The number of aromatic nitrogens is 2. The molecule has 0 spiro atoms. The first-order valence-corrected chi connectivity index (χ1v) is 6.16. The molecule has 1 heterocycles. The van der Waals surface area contributed by atoms with Crippen LogP contribution in [-0.2, 0) is 0 Å². The second-order valence-electron chi connectivity index (χ2n) is 4.70. The van der Waals surface area contributed by atoms with Gasteiger partial charge in [0.1, 0.15) is 23.3 Å². The number of nitrogens with zero attached hydrogens (tertiary/aromatic N) is 3. The molecule has 0 amide bonds. The maximum absolute atomic E-state index is 13.6. The van der Waals surface area contributed by atoms with Crippen molar-refractivity contribution >= 4 is 5.69 Å². The average Bonchev–Trinajstić information content (AvgIpc) is 2.67. The quantitative estimate of drug-likeness (QED) is 0.932. The standard InChI is InChI=1S/C14H15FN4O/c1-8(2)19-14(13(17)9(3)18-19)20-11-5-4-10(7-16)12(15)6-11/h4-6,8H,17H2,1-3H3. The molecular weight excluding hydrogens is 259 g/mol. The van der Waals surface area contributed by atoms with Crippen LogP contribution in [0.4, 0.5) is 10.1 Å². The van der Waals surface area contributed by atoms with Crippen molar-refractivity contribution in [1.82, 2.24) is 9.78 Å². The van der Waals surface area contributed by atoms with Gasteiger partial charge in [-0.15, -0.1) is 0 Å². The second-order valence-corrected chi connectivity index (χ2v) is 4.70. The van der Waals surface area contributed by atoms with Gasteiger partial charge in [0, 0.05) is 6.07 Å². The Morgan fingerprint density at radius 3 is 2.70 bits per heavy atom. The third-order valence-corrected chi connectivity index (χ3v) is 2.85. The Balaban J connectivity index is 2.40. The van der Waals surface area contributed by atoms with Gasteiger partial charge in [0.25, 0.3) is 0 Å². The second kappa shape index (κ2) is 5.21. The third kappa shape index (κ3) is 2.43. The van der Waals surface area contributed by atoms with Gasteiger partial charge in [-0.2, -0.15) is 10.4 Å². The third-order valence-electron chi connectivity index (χ3n) is 2.85. The summed E-state index contributed by atoms with van der Waals surface area (Å²) >= 11 is 0. The summed E-state index contributed by atoms with van der Waals surface area (Å²) in [5.41, 5.74) is 6.98. The number of rotatable bonds is 3. The monoisotopic (exact) mass is 274 g/mol. The summed E-state index contributed by atoms with van der Waals surface area (Å²) in [6.07, 6.45) is 0. The first kappa shape index (κ1) is 13.9. The predicted octanol–water partition coefficient (Wildman–Crippen LogP) is 3.16. The van der Waals surface area contributed by atoms with E-state index >= 15 is 0 Å². The topological polar surface area (TPSA) is 76.9 Å². The lowest BCUT2D eigenvalue weighted by molar-refractivity contribution is 0.388. The van der Waals surface area contributed by atoms with Crippen LogP contribution in [-0.4, -0.2) is 9.78 Å². The number of nitrogen functional groups attached to an aromatic ring is 1. The highest BCUT2D eigenvalue weighted by atomic mass is 19.1. The fraction of sp³-hybridized carbons (Fsp3) is 0.286. The van der Waals surface area contributed by atoms with Crippen LogP contribution < -0.4 is 10.5 Å². The highest BCUT2D eigenvalue weighted by molar-refractivity contribution is 5.54. The molecule has 2 rings (SSSR count). The van der Waals surface area contributed by atoms with Crippen LogP contribution >= 0.6 is 0 Å². The summed E-state index contributed by atoms with van der Waals surface area (Å²) in [6.45, 7) is 5.66. The van der Waals surface area contributed by atoms with Crippen molar-refractivity contribution in [2.75, 3.05) is 5.73 Å². The van der Waals surface area contributed by atoms with Gasteiger partial charge in [-0.05, 0) is 32.9 Å². The Bertz CT molecular complexity index is 685. The molecule has 2 aromatic rings. The molecule has 0 aliphatic rings. The van der Waals surface area contributed by atoms with Crippen LogP contribution in [0.25, 0.3) is 0 Å². The SMILES string of the molecule is Cc1nn(C(C)C)c(Oc2ccc(C#N)c(F)c2)c1N. The summed E-state index contributed by atoms with van der Waals surface area (Å²) in [6, 6.07) is 5.86. The van der Waals surface area contributed by atoms with Gasteiger partial charge in [0.2, 0.25) is 5.88 Å². The minimum atomic E-state index is -0.629. The summed E-state index contributed by atoms with van der Waals surface area (Å²) in [4.78, 5) is 0. The number of aryl methyl sites for hydroxylation is 1. The zero-order valence-corrected chi connectivity index (χ0v) is 11.5. The molecule has 0 unspecified atom stereocenters. The Morgan fingerprint density at radius 1 is 1.45 bits per heavy atom. The molecule has 0 aliphatic heterocycles. The van der Waals surface area contributed by atoms with E-state index in [2.05, 4.69) is 5.10 Å². The molecule has 0 fully saturated rings. The lowest BCUT2D eigenvalue weighted by Crippen LogP contribution is -2.05. The van der Waals surface area contributed by atoms with E-state index in [1.54, 1.807) is 17.7 Å². The van der Waals surface area contributed by atoms with Crippen LogP contribution in [0.2, 0.25) is 0 Å². The van der Waals surface area contributed by atoms with Gasteiger partial charge in [0.15, 0.2) is 0 Å². The van der Waals surface area contributed by atoms with Crippen LogP contribution in [0.1, 0.15) is 31.1 Å². The molecule has 1 aromatic heterocycles. The molecule has 6 heteroatoms. The number of hydrogen-bond donors (Lipinski definition) is 1. The number of ether oxygens (including phenoxy) is 1. The molecule has 0 atom stereocenters. The lowest BCUT2D eigenvalue weighted by Gasteiger charge is -2.12. The molecule has 0 bridgehead atoms. The van der Waals surface area contributed by atoms with Gasteiger partial charge in [-0.1, -0.05) is 0 Å². The first-order chi connectivity index (χ1) is 9.43. The van der Waals surface area contributed by atoms with E-state index in [9.17, 15) is 4.39 Å². The average molecular weight is 274 g/mol. The van der Waals surface area contributed by atoms with Crippen molar-refractivity contribution in [3.8, 4) is 17.7 Å². The molecule has 0 radical (unpaired) electrons. The van der Waals surface area contributed by atoms with Crippen molar-refractivity contribution in [1.29, 1.82) is 5.26 Å². The Hall–Kier alpha value is -2.55. The molecule has 5 nitrogen and oxygen atoms in total. The normalized spacial score (nSPS) is 10.6. The zero-order valence-electron chi connectivity index (χ0n) is 11.5. The van der Waals surface area contributed by atoms with Crippen molar-refractivity contribution in [3.63, 3.8) is 0 Å². The summed E-state index contributed by atoms with van der Waals surface area (Å²) in [7, 11) is 0. The van der Waals surface area contributed by atoms with E-state index in [-0.39, 0.29) is 17.4 Å². The maximum Gasteiger partial charge on any atom is 0.241 e. The Labute approximate surface area is 116 Å². The minimum Gasteiger partial charge on any atom is -0.437 e. The fourth-order valence-corrected chi connectivity index (χ4v) is 1.75. The van der Waals surface area contributed by atoms with Crippen LogP contribution in [0.3, 0.4) is 0 Å². The van der Waals surface area contributed by atoms with Crippen molar-refractivity contribution in [3.05, 3.63) is 35.3 Å². The lowest BCUT2D eigenvalue weighted by atomic mass is 10.2. The van der Waals surface area contributed by atoms with E-state index in [1.807, 2.05) is 13.8 Å².